The first-order valence-electron chi connectivity index (χ1n) is 7.97. The van der Waals surface area contributed by atoms with Crippen molar-refractivity contribution in [3.8, 4) is 11.4 Å². The molecular formula is C19H12BrF2N3O2. The molecule has 0 aliphatic heterocycles. The van der Waals surface area contributed by atoms with Crippen molar-refractivity contribution in [3.05, 3.63) is 80.4 Å². The maximum atomic E-state index is 14.7. The van der Waals surface area contributed by atoms with E-state index in [1.807, 2.05) is 0 Å². The molecule has 5 nitrogen and oxygen atoms in total. The quantitative estimate of drug-likeness (QED) is 0.506. The number of aromatic amines is 1. The monoisotopic (exact) mass is 431 g/mol. The maximum absolute atomic E-state index is 14.7. The zero-order chi connectivity index (χ0) is 19.2. The summed E-state index contributed by atoms with van der Waals surface area (Å²) in [5.74, 6) is -4.53. The van der Waals surface area contributed by atoms with E-state index in [4.69, 9.17) is 4.52 Å². The zero-order valence-electron chi connectivity index (χ0n) is 14.0. The fourth-order valence-electron chi connectivity index (χ4n) is 2.69. The molecule has 0 atom stereocenters. The summed E-state index contributed by atoms with van der Waals surface area (Å²) in [5.41, 5.74) is 0.765. The van der Waals surface area contributed by atoms with Crippen LogP contribution in [0.3, 0.4) is 0 Å². The van der Waals surface area contributed by atoms with Gasteiger partial charge in [-0.1, -0.05) is 50.9 Å². The first-order valence-corrected chi connectivity index (χ1v) is 8.76. The predicted molar refractivity (Wildman–Crippen MR) is 99.7 cm³/mol. The number of benzene rings is 2. The van der Waals surface area contributed by atoms with E-state index in [0.29, 0.717) is 10.9 Å². The van der Waals surface area contributed by atoms with E-state index in [1.54, 1.807) is 37.3 Å². The fraction of sp³-hybridized carbons (Fsp3) is 0.105. The molecule has 0 amide bonds. The minimum absolute atomic E-state index is 0.0512. The molecular weight excluding hydrogens is 420 g/mol. The van der Waals surface area contributed by atoms with E-state index in [9.17, 15) is 13.6 Å². The number of aryl methyl sites for hydroxylation is 1. The number of halogens is 3. The van der Waals surface area contributed by atoms with Crippen molar-refractivity contribution < 1.29 is 13.3 Å². The van der Waals surface area contributed by atoms with Gasteiger partial charge < -0.3 is 9.51 Å². The largest absolute Gasteiger partial charge is 0.350 e. The summed E-state index contributed by atoms with van der Waals surface area (Å²) in [4.78, 5) is 18.8. The van der Waals surface area contributed by atoms with Gasteiger partial charge in [0.15, 0.2) is 0 Å². The van der Waals surface area contributed by atoms with Crippen LogP contribution in [0.15, 0.2) is 62.3 Å². The second kappa shape index (κ2) is 6.38. The SMILES string of the molecule is Cc1ccc(C(F)(F)c2nc(-c3cc4cc(Br)ccc4[nH]c3=O)no2)cc1. The van der Waals surface area contributed by atoms with Gasteiger partial charge in [0, 0.05) is 20.9 Å². The van der Waals surface area contributed by atoms with Crippen LogP contribution in [0.5, 0.6) is 0 Å². The van der Waals surface area contributed by atoms with Crippen LogP contribution in [0.2, 0.25) is 0 Å². The van der Waals surface area contributed by atoms with E-state index >= 15 is 0 Å². The van der Waals surface area contributed by atoms with E-state index in [1.165, 1.54) is 18.2 Å². The summed E-state index contributed by atoms with van der Waals surface area (Å²) in [6, 6.07) is 12.6. The lowest BCUT2D eigenvalue weighted by Crippen LogP contribution is -2.16. The molecule has 0 radical (unpaired) electrons. The molecule has 136 valence electrons. The number of nitrogens with one attached hydrogen (secondary N) is 1. The van der Waals surface area contributed by atoms with Gasteiger partial charge in [-0.25, -0.2) is 0 Å². The lowest BCUT2D eigenvalue weighted by molar-refractivity contribution is 0.00761. The topological polar surface area (TPSA) is 71.8 Å². The summed E-state index contributed by atoms with van der Waals surface area (Å²) in [7, 11) is 0. The molecule has 2 aromatic carbocycles. The normalized spacial score (nSPS) is 11.9. The Morgan fingerprint density at radius 1 is 1.11 bits per heavy atom. The number of fused-ring (bicyclic) bond motifs is 1. The van der Waals surface area contributed by atoms with Gasteiger partial charge in [-0.15, -0.1) is 0 Å². The number of nitrogens with zero attached hydrogens (tertiary/aromatic N) is 2. The van der Waals surface area contributed by atoms with Crippen molar-refractivity contribution >= 4 is 26.8 Å². The van der Waals surface area contributed by atoms with Gasteiger partial charge in [0.2, 0.25) is 5.82 Å². The molecule has 0 aliphatic carbocycles. The highest BCUT2D eigenvalue weighted by atomic mass is 79.9. The number of aromatic nitrogens is 3. The highest BCUT2D eigenvalue weighted by Gasteiger charge is 2.40. The number of hydrogen-bond acceptors (Lipinski definition) is 4. The molecule has 2 aromatic heterocycles. The molecule has 0 unspecified atom stereocenters. The van der Waals surface area contributed by atoms with Crippen LogP contribution < -0.4 is 5.56 Å². The molecule has 1 N–H and O–H groups in total. The third kappa shape index (κ3) is 3.16. The number of rotatable bonds is 3. The third-order valence-electron chi connectivity index (χ3n) is 4.16. The highest BCUT2D eigenvalue weighted by Crippen LogP contribution is 2.35. The Morgan fingerprint density at radius 3 is 2.59 bits per heavy atom. The number of H-pyrrole nitrogens is 1. The van der Waals surface area contributed by atoms with Crippen molar-refractivity contribution in [1.82, 2.24) is 15.1 Å². The van der Waals surface area contributed by atoms with Gasteiger partial charge in [0.1, 0.15) is 0 Å². The molecule has 8 heteroatoms. The van der Waals surface area contributed by atoms with E-state index in [0.717, 1.165) is 10.0 Å². The minimum Gasteiger partial charge on any atom is -0.332 e. The Balaban J connectivity index is 1.78. The Kier molecular flexibility index (Phi) is 4.15. The van der Waals surface area contributed by atoms with Crippen LogP contribution in [0.1, 0.15) is 17.0 Å². The first-order chi connectivity index (χ1) is 12.8. The number of hydrogen-bond donors (Lipinski definition) is 1. The molecule has 0 spiro atoms. The molecule has 27 heavy (non-hydrogen) atoms. The van der Waals surface area contributed by atoms with Crippen molar-refractivity contribution in [3.63, 3.8) is 0 Å². The van der Waals surface area contributed by atoms with Crippen LogP contribution in [0.25, 0.3) is 22.3 Å². The van der Waals surface area contributed by atoms with E-state index in [2.05, 4.69) is 31.1 Å². The zero-order valence-corrected chi connectivity index (χ0v) is 15.5. The fourth-order valence-corrected chi connectivity index (χ4v) is 3.07. The second-order valence-corrected chi connectivity index (χ2v) is 7.02. The summed E-state index contributed by atoms with van der Waals surface area (Å²) < 4.78 is 34.9. The summed E-state index contributed by atoms with van der Waals surface area (Å²) >= 11 is 3.35. The Morgan fingerprint density at radius 2 is 1.85 bits per heavy atom. The van der Waals surface area contributed by atoms with E-state index in [-0.39, 0.29) is 17.0 Å². The van der Waals surface area contributed by atoms with Crippen molar-refractivity contribution in [2.24, 2.45) is 0 Å². The van der Waals surface area contributed by atoms with Crippen LogP contribution in [0, 0.1) is 6.92 Å². The molecule has 4 aromatic rings. The Bertz CT molecular complexity index is 1200. The summed E-state index contributed by atoms with van der Waals surface area (Å²) in [6.07, 6.45) is 0. The van der Waals surface area contributed by atoms with Crippen LogP contribution in [0.4, 0.5) is 8.78 Å². The molecule has 2 heterocycles. The van der Waals surface area contributed by atoms with Crippen LogP contribution >= 0.6 is 15.9 Å². The minimum atomic E-state index is -3.47. The third-order valence-corrected chi connectivity index (χ3v) is 4.65. The molecule has 0 bridgehead atoms. The number of alkyl halides is 2. The average Bonchev–Trinajstić information content (AvgIpc) is 3.12. The molecule has 0 fully saturated rings. The van der Waals surface area contributed by atoms with Gasteiger partial charge >= 0.3 is 11.8 Å². The Hall–Kier alpha value is -2.87. The second-order valence-electron chi connectivity index (χ2n) is 6.11. The van der Waals surface area contributed by atoms with Gasteiger partial charge in [-0.2, -0.15) is 13.8 Å². The summed E-state index contributed by atoms with van der Waals surface area (Å²) in [6.45, 7) is 1.80. The van der Waals surface area contributed by atoms with Gasteiger partial charge in [0.25, 0.3) is 5.56 Å². The number of pyridine rings is 1. The maximum Gasteiger partial charge on any atom is 0.350 e. The van der Waals surface area contributed by atoms with Gasteiger partial charge in [0.05, 0.1) is 5.56 Å². The van der Waals surface area contributed by atoms with Gasteiger partial charge in [-0.05, 0) is 31.2 Å². The Labute approximate surface area is 160 Å². The van der Waals surface area contributed by atoms with Crippen LogP contribution in [-0.4, -0.2) is 15.1 Å². The van der Waals surface area contributed by atoms with Crippen LogP contribution in [-0.2, 0) is 5.92 Å². The first kappa shape index (κ1) is 17.5. The van der Waals surface area contributed by atoms with Crippen molar-refractivity contribution in [2.45, 2.75) is 12.8 Å². The smallest absolute Gasteiger partial charge is 0.332 e. The molecule has 0 aliphatic rings. The molecule has 0 saturated carbocycles. The predicted octanol–water partition coefficient (Wildman–Crippen LogP) is 4.79. The average molecular weight is 432 g/mol. The standard InChI is InChI=1S/C19H12BrF2N3O2/c1-10-2-4-12(5-3-10)19(21,22)18-24-16(25-27-18)14-9-11-8-13(20)6-7-15(11)23-17(14)26/h2-9H,1H3,(H,23,26). The lowest BCUT2D eigenvalue weighted by Gasteiger charge is -2.11. The molecule has 0 saturated heterocycles. The highest BCUT2D eigenvalue weighted by molar-refractivity contribution is 9.10. The van der Waals surface area contributed by atoms with E-state index < -0.39 is 17.4 Å². The van der Waals surface area contributed by atoms with Gasteiger partial charge in [-0.3, -0.25) is 4.79 Å². The lowest BCUT2D eigenvalue weighted by atomic mass is 10.1. The molecule has 4 rings (SSSR count). The summed E-state index contributed by atoms with van der Waals surface area (Å²) in [5, 5.41) is 4.29. The van der Waals surface area contributed by atoms with Crippen molar-refractivity contribution in [2.75, 3.05) is 0 Å². The van der Waals surface area contributed by atoms with Crippen molar-refractivity contribution in [1.29, 1.82) is 0 Å².